The van der Waals surface area contributed by atoms with Gasteiger partial charge in [0.2, 0.25) is 0 Å². The van der Waals surface area contributed by atoms with E-state index in [1.807, 2.05) is 0 Å². The number of hydrogen-bond acceptors (Lipinski definition) is 2. The first-order valence-corrected chi connectivity index (χ1v) is 6.60. The van der Waals surface area contributed by atoms with Gasteiger partial charge in [0.25, 0.3) is 0 Å². The summed E-state index contributed by atoms with van der Waals surface area (Å²) in [4.78, 5) is 0. The molecule has 0 radical (unpaired) electrons. The van der Waals surface area contributed by atoms with Gasteiger partial charge in [-0.25, -0.2) is 0 Å². The Labute approximate surface area is 104 Å². The van der Waals surface area contributed by atoms with Crippen molar-refractivity contribution in [2.24, 2.45) is 0 Å². The second-order valence-corrected chi connectivity index (χ2v) is 5.49. The zero-order valence-corrected chi connectivity index (χ0v) is 10.9. The van der Waals surface area contributed by atoms with Gasteiger partial charge in [-0.3, -0.25) is 0 Å². The fourth-order valence-electron chi connectivity index (χ4n) is 2.73. The van der Waals surface area contributed by atoms with Crippen LogP contribution in [-0.4, -0.2) is 17.8 Å². The Morgan fingerprint density at radius 2 is 2.06 bits per heavy atom. The largest absolute Gasteiger partial charge is 0.394 e. The molecule has 0 aromatic heterocycles. The smallest absolute Gasteiger partial charge is 0.0652 e. The Bertz CT molecular complexity index is 371. The number of benzene rings is 1. The van der Waals surface area contributed by atoms with Crippen LogP contribution in [0, 0.1) is 6.92 Å². The lowest BCUT2D eigenvalue weighted by Gasteiger charge is -2.33. The van der Waals surface area contributed by atoms with Crippen LogP contribution in [0.5, 0.6) is 0 Å². The summed E-state index contributed by atoms with van der Waals surface area (Å²) in [6.07, 6.45) is 5.10. The fraction of sp³-hybridized carbons (Fsp3) is 0.600. The van der Waals surface area contributed by atoms with Gasteiger partial charge < -0.3 is 10.4 Å². The first-order chi connectivity index (χ1) is 8.14. The number of rotatable bonds is 4. The molecule has 2 rings (SSSR count). The zero-order chi connectivity index (χ0) is 12.3. The molecule has 2 N–H and O–H groups in total. The second kappa shape index (κ2) is 5.19. The molecule has 0 saturated heterocycles. The number of aliphatic hydroxyl groups excluding tert-OH is 1. The van der Waals surface area contributed by atoms with E-state index in [2.05, 4.69) is 43.4 Å². The normalized spacial score (nSPS) is 20.4. The number of hydrogen-bond donors (Lipinski definition) is 2. The molecule has 2 heteroatoms. The van der Waals surface area contributed by atoms with Gasteiger partial charge in [0.05, 0.1) is 12.1 Å². The quantitative estimate of drug-likeness (QED) is 0.838. The molecule has 1 aromatic rings. The predicted octanol–water partition coefficient (Wildman–Crippen LogP) is 2.73. The van der Waals surface area contributed by atoms with Gasteiger partial charge in [-0.05, 0) is 32.3 Å². The van der Waals surface area contributed by atoms with E-state index in [0.29, 0.717) is 6.04 Å². The maximum absolute atomic E-state index is 9.73. The van der Waals surface area contributed by atoms with Gasteiger partial charge >= 0.3 is 0 Å². The van der Waals surface area contributed by atoms with E-state index >= 15 is 0 Å². The minimum atomic E-state index is -0.305. The lowest BCUT2D eigenvalue weighted by atomic mass is 9.90. The molecule has 1 saturated carbocycles. The van der Waals surface area contributed by atoms with Crippen LogP contribution in [0.4, 0.5) is 0 Å². The van der Waals surface area contributed by atoms with Crippen molar-refractivity contribution in [2.75, 3.05) is 6.61 Å². The zero-order valence-electron chi connectivity index (χ0n) is 10.9. The van der Waals surface area contributed by atoms with E-state index in [1.54, 1.807) is 0 Å². The molecule has 17 heavy (non-hydrogen) atoms. The first-order valence-electron chi connectivity index (χ1n) is 6.60. The fourth-order valence-corrected chi connectivity index (χ4v) is 2.73. The van der Waals surface area contributed by atoms with Crippen molar-refractivity contribution in [1.29, 1.82) is 0 Å². The monoisotopic (exact) mass is 233 g/mol. The van der Waals surface area contributed by atoms with Crippen molar-refractivity contribution in [3.63, 3.8) is 0 Å². The van der Waals surface area contributed by atoms with Crippen LogP contribution in [0.2, 0.25) is 0 Å². The van der Waals surface area contributed by atoms with Crippen LogP contribution in [0.3, 0.4) is 0 Å². The molecular formula is C15H23NO. The lowest BCUT2D eigenvalue weighted by Crippen LogP contribution is -2.47. The molecule has 1 aliphatic carbocycles. The van der Waals surface area contributed by atoms with Crippen LogP contribution in [-0.2, 0) is 5.54 Å². The summed E-state index contributed by atoms with van der Waals surface area (Å²) in [5, 5.41) is 13.4. The average molecular weight is 233 g/mol. The molecule has 1 aliphatic rings. The average Bonchev–Trinajstić information content (AvgIpc) is 2.81. The molecule has 0 amide bonds. The molecule has 94 valence electrons. The minimum absolute atomic E-state index is 0.146. The van der Waals surface area contributed by atoms with Crippen LogP contribution in [0.15, 0.2) is 24.3 Å². The van der Waals surface area contributed by atoms with Crippen LogP contribution < -0.4 is 5.32 Å². The highest BCUT2D eigenvalue weighted by Gasteiger charge is 2.29. The molecule has 0 aliphatic heterocycles. The summed E-state index contributed by atoms with van der Waals surface area (Å²) in [5.41, 5.74) is 2.13. The van der Waals surface area contributed by atoms with Crippen LogP contribution >= 0.6 is 0 Å². The highest BCUT2D eigenvalue weighted by atomic mass is 16.3. The second-order valence-electron chi connectivity index (χ2n) is 5.49. The topological polar surface area (TPSA) is 32.3 Å². The van der Waals surface area contributed by atoms with Crippen molar-refractivity contribution < 1.29 is 5.11 Å². The molecular weight excluding hydrogens is 210 g/mol. The molecule has 0 spiro atoms. The van der Waals surface area contributed by atoms with E-state index in [4.69, 9.17) is 0 Å². The standard InChI is InChI=1S/C15H23NO/c1-12-6-5-7-13(10-12)15(2,11-17)16-14-8-3-4-9-14/h5-7,10,14,16-17H,3-4,8-9,11H2,1-2H3. The highest BCUT2D eigenvalue weighted by molar-refractivity contribution is 5.28. The van der Waals surface area contributed by atoms with Crippen molar-refractivity contribution in [3.8, 4) is 0 Å². The molecule has 1 aromatic carbocycles. The minimum Gasteiger partial charge on any atom is -0.394 e. The summed E-state index contributed by atoms with van der Waals surface area (Å²) in [6, 6.07) is 8.99. The number of nitrogens with one attached hydrogen (secondary N) is 1. The third-order valence-electron chi connectivity index (χ3n) is 3.85. The van der Waals surface area contributed by atoms with Gasteiger partial charge in [-0.2, -0.15) is 0 Å². The van der Waals surface area contributed by atoms with Crippen LogP contribution in [0.1, 0.15) is 43.7 Å². The summed E-state index contributed by atoms with van der Waals surface area (Å²) in [5.74, 6) is 0. The van der Waals surface area contributed by atoms with Gasteiger partial charge in [0.1, 0.15) is 0 Å². The van der Waals surface area contributed by atoms with E-state index in [9.17, 15) is 5.11 Å². The maximum Gasteiger partial charge on any atom is 0.0652 e. The summed E-state index contributed by atoms with van der Waals surface area (Å²) in [6.45, 7) is 4.34. The molecule has 0 heterocycles. The highest BCUT2D eigenvalue weighted by Crippen LogP contribution is 2.26. The van der Waals surface area contributed by atoms with E-state index < -0.39 is 0 Å². The summed E-state index contributed by atoms with van der Waals surface area (Å²) < 4.78 is 0. The third kappa shape index (κ3) is 2.88. The van der Waals surface area contributed by atoms with Crippen molar-refractivity contribution >= 4 is 0 Å². The summed E-state index contributed by atoms with van der Waals surface area (Å²) in [7, 11) is 0. The third-order valence-corrected chi connectivity index (χ3v) is 3.85. The predicted molar refractivity (Wildman–Crippen MR) is 71.0 cm³/mol. The van der Waals surface area contributed by atoms with Gasteiger partial charge in [0.15, 0.2) is 0 Å². The van der Waals surface area contributed by atoms with Crippen molar-refractivity contribution in [2.45, 2.75) is 51.1 Å². The van der Waals surface area contributed by atoms with E-state index in [1.165, 1.54) is 36.8 Å². The molecule has 1 unspecified atom stereocenters. The lowest BCUT2D eigenvalue weighted by molar-refractivity contribution is 0.161. The maximum atomic E-state index is 9.73. The Morgan fingerprint density at radius 1 is 1.35 bits per heavy atom. The Balaban J connectivity index is 2.17. The SMILES string of the molecule is Cc1cccc(C(C)(CO)NC2CCCC2)c1. The van der Waals surface area contributed by atoms with Gasteiger partial charge in [-0.1, -0.05) is 42.7 Å². The van der Waals surface area contributed by atoms with E-state index in [0.717, 1.165) is 0 Å². The van der Waals surface area contributed by atoms with E-state index in [-0.39, 0.29) is 12.1 Å². The summed E-state index contributed by atoms with van der Waals surface area (Å²) >= 11 is 0. The van der Waals surface area contributed by atoms with Crippen LogP contribution in [0.25, 0.3) is 0 Å². The van der Waals surface area contributed by atoms with Crippen molar-refractivity contribution in [3.05, 3.63) is 35.4 Å². The number of aliphatic hydroxyl groups is 1. The van der Waals surface area contributed by atoms with Crippen molar-refractivity contribution in [1.82, 2.24) is 5.32 Å². The molecule has 2 nitrogen and oxygen atoms in total. The Morgan fingerprint density at radius 3 is 2.65 bits per heavy atom. The molecule has 0 bridgehead atoms. The van der Waals surface area contributed by atoms with Gasteiger partial charge in [-0.15, -0.1) is 0 Å². The first kappa shape index (κ1) is 12.6. The number of aryl methyl sites for hydroxylation is 1. The molecule has 1 fully saturated rings. The van der Waals surface area contributed by atoms with Gasteiger partial charge in [0, 0.05) is 6.04 Å². The molecule has 1 atom stereocenters. The Hall–Kier alpha value is -0.860. The Kier molecular flexibility index (Phi) is 3.85.